The fourth-order valence-corrected chi connectivity index (χ4v) is 3.12. The summed E-state index contributed by atoms with van der Waals surface area (Å²) in [5.74, 6) is 3.33. The Labute approximate surface area is 180 Å². The van der Waals surface area contributed by atoms with Gasteiger partial charge in [0.25, 0.3) is 0 Å². The highest BCUT2D eigenvalue weighted by molar-refractivity contribution is 5.90. The van der Waals surface area contributed by atoms with Crippen LogP contribution in [0.3, 0.4) is 0 Å². The molecule has 0 aliphatic carbocycles. The zero-order chi connectivity index (χ0) is 21.6. The van der Waals surface area contributed by atoms with Gasteiger partial charge in [0.05, 0.1) is 32.2 Å². The van der Waals surface area contributed by atoms with Gasteiger partial charge in [-0.15, -0.1) is 0 Å². The van der Waals surface area contributed by atoms with E-state index in [-0.39, 0.29) is 0 Å². The third-order valence-corrected chi connectivity index (χ3v) is 4.77. The lowest BCUT2D eigenvalue weighted by Crippen LogP contribution is -2.04. The second kappa shape index (κ2) is 9.17. The predicted molar refractivity (Wildman–Crippen MR) is 120 cm³/mol. The van der Waals surface area contributed by atoms with Crippen LogP contribution in [-0.4, -0.2) is 36.3 Å². The van der Waals surface area contributed by atoms with E-state index in [2.05, 4.69) is 25.6 Å². The first kappa shape index (κ1) is 20.2. The maximum atomic E-state index is 5.37. The number of anilines is 3. The van der Waals surface area contributed by atoms with Crippen LogP contribution in [0.15, 0.2) is 60.9 Å². The largest absolute Gasteiger partial charge is 0.497 e. The maximum absolute atomic E-state index is 5.37. The molecule has 31 heavy (non-hydrogen) atoms. The van der Waals surface area contributed by atoms with Gasteiger partial charge < -0.3 is 24.8 Å². The van der Waals surface area contributed by atoms with Crippen LogP contribution in [0.2, 0.25) is 0 Å². The van der Waals surface area contributed by atoms with Crippen LogP contribution >= 0.6 is 0 Å². The fourth-order valence-electron chi connectivity index (χ4n) is 3.12. The highest BCUT2D eigenvalue weighted by Gasteiger charge is 2.09. The lowest BCUT2D eigenvalue weighted by Gasteiger charge is -2.12. The number of ether oxygens (including phenoxy) is 3. The summed E-state index contributed by atoms with van der Waals surface area (Å²) in [6.45, 7) is 0.608. The average molecular weight is 417 g/mol. The summed E-state index contributed by atoms with van der Waals surface area (Å²) in [6, 6.07) is 15.3. The monoisotopic (exact) mass is 417 g/mol. The van der Waals surface area contributed by atoms with E-state index in [1.807, 2.05) is 48.5 Å². The summed E-state index contributed by atoms with van der Waals surface area (Å²) in [7, 11) is 4.86. The van der Waals surface area contributed by atoms with Crippen molar-refractivity contribution in [2.24, 2.45) is 0 Å². The Kier molecular flexibility index (Phi) is 5.98. The second-order valence-corrected chi connectivity index (χ2v) is 6.68. The number of fused-ring (bicyclic) bond motifs is 1. The van der Waals surface area contributed by atoms with Crippen molar-refractivity contribution in [2.45, 2.75) is 6.54 Å². The normalized spacial score (nSPS) is 10.5. The molecule has 0 saturated carbocycles. The Hall–Kier alpha value is -4.07. The second-order valence-electron chi connectivity index (χ2n) is 6.68. The molecule has 4 aromatic rings. The molecular weight excluding hydrogens is 394 g/mol. The van der Waals surface area contributed by atoms with Crippen LogP contribution in [0, 0.1) is 0 Å². The first-order chi connectivity index (χ1) is 15.2. The van der Waals surface area contributed by atoms with Crippen LogP contribution in [0.25, 0.3) is 10.9 Å². The SMILES string of the molecule is COc1ccc(CNc2ncc3c(Nc4ccc(OC)c(OC)c4)nccc3n2)cc1. The minimum absolute atomic E-state index is 0.548. The number of hydrogen-bond donors (Lipinski definition) is 2. The van der Waals surface area contributed by atoms with Crippen molar-refractivity contribution in [3.8, 4) is 17.2 Å². The van der Waals surface area contributed by atoms with E-state index in [0.29, 0.717) is 29.8 Å². The molecule has 0 radical (unpaired) electrons. The number of nitrogens with one attached hydrogen (secondary N) is 2. The molecule has 0 amide bonds. The summed E-state index contributed by atoms with van der Waals surface area (Å²) >= 11 is 0. The van der Waals surface area contributed by atoms with E-state index in [0.717, 1.165) is 27.9 Å². The van der Waals surface area contributed by atoms with Crippen molar-refractivity contribution in [3.63, 3.8) is 0 Å². The molecule has 2 heterocycles. The lowest BCUT2D eigenvalue weighted by atomic mass is 10.2. The van der Waals surface area contributed by atoms with Crippen molar-refractivity contribution in [2.75, 3.05) is 32.0 Å². The molecule has 0 aliphatic rings. The summed E-state index contributed by atoms with van der Waals surface area (Å²) in [4.78, 5) is 13.5. The Bertz CT molecular complexity index is 1180. The molecule has 0 aliphatic heterocycles. The van der Waals surface area contributed by atoms with E-state index in [1.165, 1.54) is 0 Å². The molecule has 158 valence electrons. The molecule has 8 heteroatoms. The lowest BCUT2D eigenvalue weighted by molar-refractivity contribution is 0.355. The molecule has 0 saturated heterocycles. The van der Waals surface area contributed by atoms with Gasteiger partial charge in [0.1, 0.15) is 11.6 Å². The van der Waals surface area contributed by atoms with Crippen molar-refractivity contribution >= 4 is 28.4 Å². The molecule has 0 bridgehead atoms. The fraction of sp³-hybridized carbons (Fsp3) is 0.174. The molecule has 2 aromatic heterocycles. The van der Waals surface area contributed by atoms with Gasteiger partial charge in [-0.1, -0.05) is 12.1 Å². The Balaban J connectivity index is 1.52. The van der Waals surface area contributed by atoms with E-state index in [9.17, 15) is 0 Å². The Morgan fingerprint density at radius 3 is 2.39 bits per heavy atom. The number of aromatic nitrogens is 3. The van der Waals surface area contributed by atoms with Crippen molar-refractivity contribution < 1.29 is 14.2 Å². The van der Waals surface area contributed by atoms with Gasteiger partial charge in [0, 0.05) is 30.7 Å². The first-order valence-electron chi connectivity index (χ1n) is 9.68. The van der Waals surface area contributed by atoms with Gasteiger partial charge >= 0.3 is 0 Å². The third-order valence-electron chi connectivity index (χ3n) is 4.77. The van der Waals surface area contributed by atoms with Crippen LogP contribution in [0.1, 0.15) is 5.56 Å². The minimum Gasteiger partial charge on any atom is -0.497 e. The molecule has 0 atom stereocenters. The van der Waals surface area contributed by atoms with Gasteiger partial charge in [-0.3, -0.25) is 0 Å². The zero-order valence-corrected chi connectivity index (χ0v) is 17.5. The quantitative estimate of drug-likeness (QED) is 0.436. The summed E-state index contributed by atoms with van der Waals surface area (Å²) in [5, 5.41) is 7.37. The number of rotatable bonds is 8. The van der Waals surface area contributed by atoms with Crippen molar-refractivity contribution in [3.05, 3.63) is 66.5 Å². The predicted octanol–water partition coefficient (Wildman–Crippen LogP) is 4.41. The highest BCUT2D eigenvalue weighted by Crippen LogP contribution is 2.32. The molecule has 0 unspecified atom stereocenters. The van der Waals surface area contributed by atoms with Crippen molar-refractivity contribution in [1.29, 1.82) is 0 Å². The van der Waals surface area contributed by atoms with Gasteiger partial charge in [-0.25, -0.2) is 15.0 Å². The summed E-state index contributed by atoms with van der Waals surface area (Å²) < 4.78 is 15.8. The molecule has 2 aromatic carbocycles. The number of nitrogens with zero attached hydrogens (tertiary/aromatic N) is 3. The van der Waals surface area contributed by atoms with Gasteiger partial charge in [-0.2, -0.15) is 0 Å². The minimum atomic E-state index is 0.548. The highest BCUT2D eigenvalue weighted by atomic mass is 16.5. The average Bonchev–Trinajstić information content (AvgIpc) is 2.83. The Morgan fingerprint density at radius 2 is 1.65 bits per heavy atom. The smallest absolute Gasteiger partial charge is 0.223 e. The summed E-state index contributed by atoms with van der Waals surface area (Å²) in [6.07, 6.45) is 3.47. The molecule has 8 nitrogen and oxygen atoms in total. The Morgan fingerprint density at radius 1 is 0.839 bits per heavy atom. The molecule has 4 rings (SSSR count). The molecule has 0 fully saturated rings. The number of benzene rings is 2. The van der Waals surface area contributed by atoms with Crippen LogP contribution < -0.4 is 24.8 Å². The zero-order valence-electron chi connectivity index (χ0n) is 17.5. The van der Waals surface area contributed by atoms with Gasteiger partial charge in [0.2, 0.25) is 5.95 Å². The van der Waals surface area contributed by atoms with Crippen LogP contribution in [-0.2, 0) is 6.54 Å². The van der Waals surface area contributed by atoms with Crippen LogP contribution in [0.5, 0.6) is 17.2 Å². The topological polar surface area (TPSA) is 90.4 Å². The van der Waals surface area contributed by atoms with Crippen molar-refractivity contribution in [1.82, 2.24) is 15.0 Å². The standard InChI is InChI=1S/C23H23N5O3/c1-29-17-7-4-15(5-8-17)13-25-23-26-14-18-19(28-23)10-11-24-22(18)27-16-6-9-20(30-2)21(12-16)31-3/h4-12,14H,13H2,1-3H3,(H,24,27)(H,25,26,28). The maximum Gasteiger partial charge on any atom is 0.223 e. The molecular formula is C23H23N5O3. The number of hydrogen-bond acceptors (Lipinski definition) is 8. The third kappa shape index (κ3) is 4.58. The van der Waals surface area contributed by atoms with E-state index < -0.39 is 0 Å². The first-order valence-corrected chi connectivity index (χ1v) is 9.68. The van der Waals surface area contributed by atoms with E-state index >= 15 is 0 Å². The number of methoxy groups -OCH3 is 3. The van der Waals surface area contributed by atoms with Gasteiger partial charge in [-0.05, 0) is 35.9 Å². The summed E-state index contributed by atoms with van der Waals surface area (Å²) in [5.41, 5.74) is 2.71. The number of pyridine rings is 1. The van der Waals surface area contributed by atoms with E-state index in [1.54, 1.807) is 33.7 Å². The molecule has 2 N–H and O–H groups in total. The van der Waals surface area contributed by atoms with E-state index in [4.69, 9.17) is 14.2 Å². The van der Waals surface area contributed by atoms with Gasteiger partial charge in [0.15, 0.2) is 11.5 Å². The molecule has 0 spiro atoms. The van der Waals surface area contributed by atoms with Crippen LogP contribution in [0.4, 0.5) is 17.5 Å².